The van der Waals surface area contributed by atoms with Crippen LogP contribution in [-0.2, 0) is 0 Å². The van der Waals surface area contributed by atoms with Crippen molar-refractivity contribution in [1.82, 2.24) is 9.97 Å². The average molecular weight is 839 g/mol. The quantitative estimate of drug-likeness (QED) is 0.152. The SMILES string of the molecule is c1ccc(-c2cccc(C(=C(c3ccc(-c4cccc5ccccc45)c4ccccc34)c3ccc(-c4cccc5ccccc45)c4ccccc34)c3cccc(-c4ccccc4)n3)n2)cc1. The van der Waals surface area contributed by atoms with E-state index in [4.69, 9.17) is 9.97 Å². The molecule has 10 aromatic carbocycles. The molecule has 0 atom stereocenters. The zero-order valence-corrected chi connectivity index (χ0v) is 36.1. The number of fused-ring (bicyclic) bond motifs is 4. The van der Waals surface area contributed by atoms with Crippen molar-refractivity contribution in [2.45, 2.75) is 0 Å². The molecule has 2 nitrogen and oxygen atoms in total. The van der Waals surface area contributed by atoms with Crippen LogP contribution in [0.15, 0.2) is 255 Å². The van der Waals surface area contributed by atoms with Crippen LogP contribution >= 0.6 is 0 Å². The van der Waals surface area contributed by atoms with Crippen LogP contribution in [0, 0.1) is 0 Å². The Morgan fingerprint density at radius 2 is 0.576 bits per heavy atom. The average Bonchev–Trinajstić information content (AvgIpc) is 3.40. The zero-order chi connectivity index (χ0) is 43.8. The first-order valence-electron chi connectivity index (χ1n) is 22.6. The maximum Gasteiger partial charge on any atom is 0.0737 e. The molecule has 12 rings (SSSR count). The summed E-state index contributed by atoms with van der Waals surface area (Å²) in [5.41, 5.74) is 14.6. The highest BCUT2D eigenvalue weighted by Crippen LogP contribution is 2.46. The molecule has 2 heteroatoms. The first-order chi connectivity index (χ1) is 32.8. The maximum absolute atomic E-state index is 5.55. The number of pyridine rings is 2. The van der Waals surface area contributed by atoms with E-state index in [9.17, 15) is 0 Å². The molecular weight excluding hydrogens is 797 g/mol. The Kier molecular flexibility index (Phi) is 9.89. The molecule has 2 aromatic heterocycles. The van der Waals surface area contributed by atoms with Crippen LogP contribution in [0.4, 0.5) is 0 Å². The van der Waals surface area contributed by atoms with E-state index in [1.807, 2.05) is 0 Å². The van der Waals surface area contributed by atoms with Crippen molar-refractivity contribution in [3.8, 4) is 44.8 Å². The minimum atomic E-state index is 0.841. The second-order valence-electron chi connectivity index (χ2n) is 16.8. The molecular formula is C64H42N2. The maximum atomic E-state index is 5.55. The molecule has 0 radical (unpaired) electrons. The van der Waals surface area contributed by atoms with Gasteiger partial charge in [-0.25, -0.2) is 9.97 Å². The number of hydrogen-bond donors (Lipinski definition) is 0. The molecule has 0 spiro atoms. The highest BCUT2D eigenvalue weighted by atomic mass is 14.8. The van der Waals surface area contributed by atoms with Gasteiger partial charge in [-0.3, -0.25) is 0 Å². The van der Waals surface area contributed by atoms with E-state index in [-0.39, 0.29) is 0 Å². The van der Waals surface area contributed by atoms with Crippen LogP contribution < -0.4 is 0 Å². The number of rotatable bonds is 8. The van der Waals surface area contributed by atoms with Gasteiger partial charge >= 0.3 is 0 Å². The summed E-state index contributed by atoms with van der Waals surface area (Å²) in [6, 6.07) is 91.4. The summed E-state index contributed by atoms with van der Waals surface area (Å²) in [4.78, 5) is 11.1. The second kappa shape index (κ2) is 16.8. The van der Waals surface area contributed by atoms with Crippen LogP contribution in [0.3, 0.4) is 0 Å². The van der Waals surface area contributed by atoms with Gasteiger partial charge in [-0.1, -0.05) is 231 Å². The fourth-order valence-electron chi connectivity index (χ4n) is 9.91. The molecule has 0 saturated heterocycles. The Hall–Kier alpha value is -8.72. The van der Waals surface area contributed by atoms with Gasteiger partial charge in [0.1, 0.15) is 0 Å². The van der Waals surface area contributed by atoms with E-state index in [1.54, 1.807) is 0 Å². The fraction of sp³-hybridized carbons (Fsp3) is 0. The van der Waals surface area contributed by atoms with Crippen molar-refractivity contribution in [2.75, 3.05) is 0 Å². The third-order valence-electron chi connectivity index (χ3n) is 12.9. The molecule has 2 heterocycles. The minimum Gasteiger partial charge on any atom is -0.248 e. The number of nitrogens with zero attached hydrogens (tertiary/aromatic N) is 2. The van der Waals surface area contributed by atoms with E-state index in [1.165, 1.54) is 54.6 Å². The normalized spacial score (nSPS) is 11.3. The summed E-state index contributed by atoms with van der Waals surface area (Å²) in [5, 5.41) is 9.55. The lowest BCUT2D eigenvalue weighted by Crippen LogP contribution is -2.04. The molecule has 0 aliphatic rings. The predicted molar refractivity (Wildman–Crippen MR) is 278 cm³/mol. The van der Waals surface area contributed by atoms with Crippen LogP contribution in [0.5, 0.6) is 0 Å². The molecule has 0 amide bonds. The van der Waals surface area contributed by atoms with Gasteiger partial charge in [-0.15, -0.1) is 0 Å². The van der Waals surface area contributed by atoms with Crippen molar-refractivity contribution in [3.63, 3.8) is 0 Å². The van der Waals surface area contributed by atoms with E-state index in [0.717, 1.165) is 66.9 Å². The van der Waals surface area contributed by atoms with Crippen molar-refractivity contribution in [3.05, 3.63) is 277 Å². The zero-order valence-electron chi connectivity index (χ0n) is 36.1. The first-order valence-corrected chi connectivity index (χ1v) is 22.6. The van der Waals surface area contributed by atoms with Crippen LogP contribution in [-0.4, -0.2) is 9.97 Å². The summed E-state index contributed by atoms with van der Waals surface area (Å²) in [5.74, 6) is 0. The van der Waals surface area contributed by atoms with E-state index in [0.29, 0.717) is 0 Å². The summed E-state index contributed by atoms with van der Waals surface area (Å²) >= 11 is 0. The Morgan fingerprint density at radius 1 is 0.227 bits per heavy atom. The lowest BCUT2D eigenvalue weighted by Gasteiger charge is -2.22. The monoisotopic (exact) mass is 838 g/mol. The van der Waals surface area contributed by atoms with Crippen molar-refractivity contribution >= 4 is 54.2 Å². The van der Waals surface area contributed by atoms with E-state index < -0.39 is 0 Å². The predicted octanol–water partition coefficient (Wildman–Crippen LogP) is 16.8. The highest BCUT2D eigenvalue weighted by Gasteiger charge is 2.25. The molecule has 308 valence electrons. The number of benzene rings is 10. The second-order valence-corrected chi connectivity index (χ2v) is 16.8. The fourth-order valence-corrected chi connectivity index (χ4v) is 9.91. The molecule has 12 aromatic rings. The number of hydrogen-bond acceptors (Lipinski definition) is 2. The van der Waals surface area contributed by atoms with Gasteiger partial charge in [0, 0.05) is 22.3 Å². The van der Waals surface area contributed by atoms with E-state index in [2.05, 4.69) is 255 Å². The summed E-state index contributed by atoms with van der Waals surface area (Å²) in [6.07, 6.45) is 0. The topological polar surface area (TPSA) is 25.8 Å². The molecule has 0 bridgehead atoms. The molecule has 0 N–H and O–H groups in total. The van der Waals surface area contributed by atoms with Crippen molar-refractivity contribution < 1.29 is 0 Å². The minimum absolute atomic E-state index is 0.841. The summed E-state index contributed by atoms with van der Waals surface area (Å²) < 4.78 is 0. The highest BCUT2D eigenvalue weighted by molar-refractivity contribution is 6.18. The molecule has 0 fully saturated rings. The largest absolute Gasteiger partial charge is 0.248 e. The Balaban J connectivity index is 1.22. The summed E-state index contributed by atoms with van der Waals surface area (Å²) in [7, 11) is 0. The third-order valence-corrected chi connectivity index (χ3v) is 12.9. The standard InChI is InChI=1S/C64H42N2/c1-3-21-45(22-4-1)59-35-17-37-61(65-59)64(62-38-18-36-60(66-62)46-23-5-2-6-24-46)63(57-41-39-55(51-29-11-13-31-53(51)57)49-33-15-25-43-19-7-9-27-47(43)49)58-42-40-56(52-30-12-14-32-54(52)58)50-34-16-26-44-20-8-10-28-48(44)50/h1-42H. The molecule has 0 aliphatic carbocycles. The van der Waals surface area contributed by atoms with Gasteiger partial charge in [0.25, 0.3) is 0 Å². The molecule has 0 saturated carbocycles. The van der Waals surface area contributed by atoms with Crippen LogP contribution in [0.2, 0.25) is 0 Å². The van der Waals surface area contributed by atoms with Gasteiger partial charge in [-0.2, -0.15) is 0 Å². The first kappa shape index (κ1) is 38.9. The van der Waals surface area contributed by atoms with Crippen LogP contribution in [0.1, 0.15) is 22.5 Å². The van der Waals surface area contributed by atoms with Crippen LogP contribution in [0.25, 0.3) is 99.0 Å². The Labute approximate surface area is 384 Å². The van der Waals surface area contributed by atoms with Crippen molar-refractivity contribution in [1.29, 1.82) is 0 Å². The summed E-state index contributed by atoms with van der Waals surface area (Å²) in [6.45, 7) is 0. The number of aromatic nitrogens is 2. The van der Waals surface area contributed by atoms with E-state index >= 15 is 0 Å². The molecule has 66 heavy (non-hydrogen) atoms. The van der Waals surface area contributed by atoms with Crippen molar-refractivity contribution in [2.24, 2.45) is 0 Å². The smallest absolute Gasteiger partial charge is 0.0737 e. The van der Waals surface area contributed by atoms with Gasteiger partial charge in [-0.05, 0) is 101 Å². The lowest BCUT2D eigenvalue weighted by atomic mass is 9.82. The molecule has 0 unspecified atom stereocenters. The van der Waals surface area contributed by atoms with Gasteiger partial charge < -0.3 is 0 Å². The third kappa shape index (κ3) is 6.93. The lowest BCUT2D eigenvalue weighted by molar-refractivity contribution is 1.23. The Bertz CT molecular complexity index is 3550. The van der Waals surface area contributed by atoms with Gasteiger partial charge in [0.15, 0.2) is 0 Å². The van der Waals surface area contributed by atoms with Gasteiger partial charge in [0.05, 0.1) is 22.8 Å². The van der Waals surface area contributed by atoms with Gasteiger partial charge in [0.2, 0.25) is 0 Å². The Morgan fingerprint density at radius 3 is 1.03 bits per heavy atom. The molecule has 0 aliphatic heterocycles.